The molecule has 0 atom stereocenters. The lowest BCUT2D eigenvalue weighted by Gasteiger charge is -2.07. The number of rotatable bonds is 5. The van der Waals surface area contributed by atoms with Crippen molar-refractivity contribution in [1.29, 1.82) is 0 Å². The number of aromatic nitrogens is 4. The van der Waals surface area contributed by atoms with Gasteiger partial charge in [0, 0.05) is 24.0 Å². The highest BCUT2D eigenvalue weighted by atomic mass is 32.2. The topological polar surface area (TPSA) is 139 Å². The second kappa shape index (κ2) is 7.28. The highest BCUT2D eigenvalue weighted by Crippen LogP contribution is 2.25. The summed E-state index contributed by atoms with van der Waals surface area (Å²) in [6.45, 7) is 0. The molecule has 2 aromatic carbocycles. The zero-order valence-electron chi connectivity index (χ0n) is 15.0. The van der Waals surface area contributed by atoms with E-state index in [0.717, 1.165) is 5.56 Å². The number of methoxy groups -OCH3 is 1. The molecule has 0 radical (unpaired) electrons. The van der Waals surface area contributed by atoms with Crippen molar-refractivity contribution in [2.45, 2.75) is 4.90 Å². The van der Waals surface area contributed by atoms with Crippen LogP contribution in [0.25, 0.3) is 22.4 Å². The molecular weight excluding hydrogens is 398 g/mol. The summed E-state index contributed by atoms with van der Waals surface area (Å²) >= 11 is 0. The van der Waals surface area contributed by atoms with E-state index in [-0.39, 0.29) is 16.6 Å². The first-order valence-electron chi connectivity index (χ1n) is 8.34. The van der Waals surface area contributed by atoms with Gasteiger partial charge in [-0.15, -0.1) is 0 Å². The average Bonchev–Trinajstić information content (AvgIpc) is 3.37. The maximum atomic E-state index is 12.6. The molecule has 10 nitrogen and oxygen atoms in total. The predicted octanol–water partition coefficient (Wildman–Crippen LogP) is 2.90. The third kappa shape index (κ3) is 3.89. The van der Waals surface area contributed by atoms with Crippen LogP contribution in [0.1, 0.15) is 0 Å². The molecule has 0 aliphatic carbocycles. The number of fused-ring (bicyclic) bond motifs is 1. The molecule has 4 rings (SSSR count). The molecule has 0 bridgehead atoms. The summed E-state index contributed by atoms with van der Waals surface area (Å²) in [6.07, 6.45) is 2.61. The number of hydrogen-bond donors (Lipinski definition) is 3. The van der Waals surface area contributed by atoms with Crippen molar-refractivity contribution in [3.05, 3.63) is 54.9 Å². The Labute approximate surface area is 165 Å². The number of nitrogens with zero attached hydrogens (tertiary/aromatic N) is 2. The number of ether oxygens (including phenoxy) is 1. The number of carbonyl (C=O) groups is 1. The summed E-state index contributed by atoms with van der Waals surface area (Å²) in [5.41, 5.74) is 1.75. The lowest BCUT2D eigenvalue weighted by atomic mass is 10.2. The summed E-state index contributed by atoms with van der Waals surface area (Å²) in [7, 11) is -2.81. The Morgan fingerprint density at radius 2 is 1.93 bits per heavy atom. The molecule has 0 spiro atoms. The Balaban J connectivity index is 1.55. The smallest absolute Gasteiger partial charge is 0.413 e. The third-order valence-electron chi connectivity index (χ3n) is 3.98. The van der Waals surface area contributed by atoms with Crippen molar-refractivity contribution < 1.29 is 22.1 Å². The average molecular weight is 413 g/mol. The fourth-order valence-electron chi connectivity index (χ4n) is 2.62. The number of hydrogen-bond acceptors (Lipinski definition) is 7. The van der Waals surface area contributed by atoms with Gasteiger partial charge in [-0.05, 0) is 36.4 Å². The van der Waals surface area contributed by atoms with Gasteiger partial charge < -0.3 is 18.9 Å². The number of H-pyrrole nitrogens is 2. The van der Waals surface area contributed by atoms with Crippen LogP contribution < -0.4 is 9.50 Å². The summed E-state index contributed by atoms with van der Waals surface area (Å²) in [5.74, 6) is 0.900. The van der Waals surface area contributed by atoms with E-state index in [1.807, 2.05) is 0 Å². The Morgan fingerprint density at radius 3 is 2.62 bits per heavy atom. The quantitative estimate of drug-likeness (QED) is 0.427. The first-order valence-corrected chi connectivity index (χ1v) is 9.74. The van der Waals surface area contributed by atoms with Gasteiger partial charge in [-0.1, -0.05) is 0 Å². The van der Waals surface area contributed by atoms with Gasteiger partial charge in [-0.3, -0.25) is 5.32 Å². The van der Waals surface area contributed by atoms with Crippen molar-refractivity contribution in [2.24, 2.45) is 0 Å². The summed E-state index contributed by atoms with van der Waals surface area (Å²) in [6, 6.07) is 10.7. The van der Waals surface area contributed by atoms with Crippen molar-refractivity contribution in [1.82, 2.24) is 19.9 Å². The van der Waals surface area contributed by atoms with Gasteiger partial charge >= 0.3 is 16.2 Å². The van der Waals surface area contributed by atoms with Crippen LogP contribution in [0.3, 0.4) is 0 Å². The van der Waals surface area contributed by atoms with Gasteiger partial charge in [0.15, 0.2) is 0 Å². The molecule has 0 saturated carbocycles. The minimum absolute atomic E-state index is 0.00515. The van der Waals surface area contributed by atoms with E-state index < -0.39 is 16.2 Å². The van der Waals surface area contributed by atoms with Gasteiger partial charge in [0.25, 0.3) is 0 Å². The van der Waals surface area contributed by atoms with Crippen LogP contribution in [0.15, 0.2) is 59.8 Å². The van der Waals surface area contributed by atoms with Gasteiger partial charge in [0.2, 0.25) is 5.95 Å². The molecule has 0 saturated heterocycles. The maximum absolute atomic E-state index is 12.6. The monoisotopic (exact) mass is 413 g/mol. The number of anilines is 1. The van der Waals surface area contributed by atoms with Crippen molar-refractivity contribution in [3.8, 4) is 17.1 Å². The molecule has 3 N–H and O–H groups in total. The molecule has 2 heterocycles. The molecular formula is C18H15N5O5S. The van der Waals surface area contributed by atoms with Crippen LogP contribution in [-0.4, -0.2) is 41.6 Å². The van der Waals surface area contributed by atoms with Gasteiger partial charge in [0.1, 0.15) is 16.5 Å². The first-order chi connectivity index (χ1) is 13.9. The maximum Gasteiger partial charge on any atom is 0.413 e. The highest BCUT2D eigenvalue weighted by Gasteiger charge is 2.18. The normalized spacial score (nSPS) is 11.3. The van der Waals surface area contributed by atoms with E-state index in [0.29, 0.717) is 16.9 Å². The van der Waals surface area contributed by atoms with Crippen molar-refractivity contribution >= 4 is 33.2 Å². The Morgan fingerprint density at radius 1 is 1.14 bits per heavy atom. The lowest BCUT2D eigenvalue weighted by molar-refractivity contribution is 0.186. The third-order valence-corrected chi connectivity index (χ3v) is 5.24. The van der Waals surface area contributed by atoms with E-state index in [1.165, 1.54) is 31.4 Å². The Kier molecular flexibility index (Phi) is 4.64. The van der Waals surface area contributed by atoms with Crippen molar-refractivity contribution in [3.63, 3.8) is 0 Å². The zero-order valence-corrected chi connectivity index (χ0v) is 15.9. The SMILES string of the molecule is COC(=O)Nc1nc2ccc(OS(=O)(=O)c3ccc(-c4ncc[nH]4)cc3)cc2[nH]1. The molecule has 29 heavy (non-hydrogen) atoms. The highest BCUT2D eigenvalue weighted by molar-refractivity contribution is 7.87. The van der Waals surface area contributed by atoms with Crippen LogP contribution in [0.4, 0.5) is 10.7 Å². The van der Waals surface area contributed by atoms with Crippen LogP contribution >= 0.6 is 0 Å². The molecule has 4 aromatic rings. The molecule has 0 aliphatic heterocycles. The Hall–Kier alpha value is -3.86. The van der Waals surface area contributed by atoms with E-state index >= 15 is 0 Å². The van der Waals surface area contributed by atoms with Crippen molar-refractivity contribution in [2.75, 3.05) is 12.4 Å². The standard InChI is InChI=1S/C18H15N5O5S/c1-27-18(24)23-17-21-14-7-4-12(10-15(14)22-17)28-29(25,26)13-5-2-11(3-6-13)16-19-8-9-20-16/h2-10H,1H3,(H,19,20)(H2,21,22,23,24). The van der Waals surface area contributed by atoms with E-state index in [4.69, 9.17) is 4.18 Å². The van der Waals surface area contributed by atoms with Crippen LogP contribution in [0.2, 0.25) is 0 Å². The first kappa shape index (κ1) is 18.5. The van der Waals surface area contributed by atoms with Crippen LogP contribution in [0.5, 0.6) is 5.75 Å². The Bertz CT molecular complexity index is 1260. The second-order valence-electron chi connectivity index (χ2n) is 5.88. The summed E-state index contributed by atoms with van der Waals surface area (Å²) in [4.78, 5) is 25.3. The molecule has 148 valence electrons. The second-order valence-corrected chi connectivity index (χ2v) is 7.43. The van der Waals surface area contributed by atoms with Gasteiger partial charge in [0.05, 0.1) is 18.1 Å². The number of carbonyl (C=O) groups excluding carboxylic acids is 1. The number of aromatic amines is 2. The summed E-state index contributed by atoms with van der Waals surface area (Å²) < 4.78 is 34.9. The zero-order chi connectivity index (χ0) is 20.4. The minimum Gasteiger partial charge on any atom is -0.453 e. The number of benzene rings is 2. The number of imidazole rings is 2. The number of amides is 1. The summed E-state index contributed by atoms with van der Waals surface area (Å²) in [5, 5.41) is 2.40. The van der Waals surface area contributed by atoms with E-state index in [9.17, 15) is 13.2 Å². The molecule has 1 amide bonds. The number of nitrogens with one attached hydrogen (secondary N) is 3. The minimum atomic E-state index is -4.04. The van der Waals surface area contributed by atoms with Gasteiger partial charge in [-0.2, -0.15) is 8.42 Å². The van der Waals surface area contributed by atoms with Gasteiger partial charge in [-0.25, -0.2) is 14.8 Å². The predicted molar refractivity (Wildman–Crippen MR) is 104 cm³/mol. The molecule has 11 heteroatoms. The van der Waals surface area contributed by atoms with E-state index in [2.05, 4.69) is 30.0 Å². The fourth-order valence-corrected chi connectivity index (χ4v) is 3.55. The molecule has 0 aliphatic rings. The van der Waals surface area contributed by atoms with Crippen LogP contribution in [0, 0.1) is 0 Å². The lowest BCUT2D eigenvalue weighted by Crippen LogP contribution is -2.11. The molecule has 0 fully saturated rings. The molecule has 2 aromatic heterocycles. The van der Waals surface area contributed by atoms with E-state index in [1.54, 1.807) is 30.6 Å². The molecule has 0 unspecified atom stereocenters. The largest absolute Gasteiger partial charge is 0.453 e. The fraction of sp³-hybridized carbons (Fsp3) is 0.0556. The van der Waals surface area contributed by atoms with Crippen LogP contribution in [-0.2, 0) is 14.9 Å².